The lowest BCUT2D eigenvalue weighted by molar-refractivity contribution is 0.580. The Morgan fingerprint density at radius 1 is 1.41 bits per heavy atom. The number of nitrogens with zero attached hydrogens (tertiary/aromatic N) is 1. The molecule has 90 valence electrons. The van der Waals surface area contributed by atoms with Gasteiger partial charge in [0.05, 0.1) is 4.34 Å². The predicted octanol–water partition coefficient (Wildman–Crippen LogP) is 3.96. The second-order valence-electron chi connectivity index (χ2n) is 4.05. The smallest absolute Gasteiger partial charge is 0.0931 e. The molecule has 2 heterocycles. The first-order chi connectivity index (χ1) is 8.16. The average Bonchev–Trinajstić information content (AvgIpc) is 2.74. The summed E-state index contributed by atoms with van der Waals surface area (Å²) in [5.74, 6) is 0. The first-order valence-corrected chi connectivity index (χ1v) is 6.74. The van der Waals surface area contributed by atoms with E-state index < -0.39 is 0 Å². The van der Waals surface area contributed by atoms with Crippen LogP contribution in [0.4, 0.5) is 0 Å². The van der Waals surface area contributed by atoms with Crippen LogP contribution < -0.4 is 5.32 Å². The largest absolute Gasteiger partial charge is 0.305 e. The van der Waals surface area contributed by atoms with Gasteiger partial charge in [-0.3, -0.25) is 4.98 Å². The molecule has 0 spiro atoms. The Kier molecular flexibility index (Phi) is 4.15. The zero-order valence-corrected chi connectivity index (χ0v) is 11.5. The van der Waals surface area contributed by atoms with Crippen molar-refractivity contribution in [1.82, 2.24) is 10.3 Å². The number of nitrogens with one attached hydrogen (secondary N) is 1. The first-order valence-electron chi connectivity index (χ1n) is 5.55. The van der Waals surface area contributed by atoms with E-state index in [1.54, 1.807) is 11.3 Å². The van der Waals surface area contributed by atoms with Crippen molar-refractivity contribution in [3.8, 4) is 0 Å². The Hall–Kier alpha value is -0.900. The minimum Gasteiger partial charge on any atom is -0.305 e. The molecule has 0 radical (unpaired) electrons. The summed E-state index contributed by atoms with van der Waals surface area (Å²) in [5, 5.41) is 3.48. The molecule has 4 heteroatoms. The van der Waals surface area contributed by atoms with Gasteiger partial charge in [-0.15, -0.1) is 11.3 Å². The van der Waals surface area contributed by atoms with Crippen LogP contribution in [0, 0.1) is 6.92 Å². The SMILES string of the molecule is Cc1ccncc1CNC(C)c1ccc(Cl)s1. The fraction of sp³-hybridized carbons (Fsp3) is 0.308. The third-order valence-corrected chi connectivity index (χ3v) is 4.18. The van der Waals surface area contributed by atoms with Gasteiger partial charge >= 0.3 is 0 Å². The molecule has 0 aliphatic rings. The van der Waals surface area contributed by atoms with Crippen LogP contribution >= 0.6 is 22.9 Å². The van der Waals surface area contributed by atoms with Crippen molar-refractivity contribution < 1.29 is 0 Å². The van der Waals surface area contributed by atoms with Crippen molar-refractivity contribution in [3.05, 3.63) is 50.9 Å². The molecule has 1 unspecified atom stereocenters. The van der Waals surface area contributed by atoms with Gasteiger partial charge < -0.3 is 5.32 Å². The zero-order chi connectivity index (χ0) is 12.3. The molecule has 0 fully saturated rings. The van der Waals surface area contributed by atoms with Gasteiger partial charge in [0.2, 0.25) is 0 Å². The third-order valence-electron chi connectivity index (χ3n) is 2.77. The van der Waals surface area contributed by atoms with Crippen molar-refractivity contribution in [2.75, 3.05) is 0 Å². The molecule has 0 amide bonds. The zero-order valence-electron chi connectivity index (χ0n) is 9.90. The van der Waals surface area contributed by atoms with E-state index in [0.29, 0.717) is 6.04 Å². The Morgan fingerprint density at radius 3 is 2.88 bits per heavy atom. The Morgan fingerprint density at radius 2 is 2.24 bits per heavy atom. The molecule has 0 bridgehead atoms. The topological polar surface area (TPSA) is 24.9 Å². The number of aromatic nitrogens is 1. The summed E-state index contributed by atoms with van der Waals surface area (Å²) in [4.78, 5) is 5.40. The van der Waals surface area contributed by atoms with Crippen LogP contribution in [0.5, 0.6) is 0 Å². The lowest BCUT2D eigenvalue weighted by atomic mass is 10.1. The van der Waals surface area contributed by atoms with Crippen LogP contribution in [0.15, 0.2) is 30.6 Å². The van der Waals surface area contributed by atoms with Crippen molar-refractivity contribution in [1.29, 1.82) is 0 Å². The van der Waals surface area contributed by atoms with Crippen molar-refractivity contribution >= 4 is 22.9 Å². The minimum atomic E-state index is 0.312. The molecule has 0 saturated heterocycles. The van der Waals surface area contributed by atoms with Gasteiger partial charge in [-0.25, -0.2) is 0 Å². The van der Waals surface area contributed by atoms with E-state index in [9.17, 15) is 0 Å². The van der Waals surface area contributed by atoms with Crippen LogP contribution in [0.3, 0.4) is 0 Å². The Labute approximate surface area is 111 Å². The molecule has 0 saturated carbocycles. The van der Waals surface area contributed by atoms with E-state index in [-0.39, 0.29) is 0 Å². The molecule has 0 aliphatic carbocycles. The maximum Gasteiger partial charge on any atom is 0.0931 e. The summed E-state index contributed by atoms with van der Waals surface area (Å²) in [7, 11) is 0. The predicted molar refractivity (Wildman–Crippen MR) is 73.6 cm³/mol. The third kappa shape index (κ3) is 3.28. The number of rotatable bonds is 4. The summed E-state index contributed by atoms with van der Waals surface area (Å²) < 4.78 is 0.839. The highest BCUT2D eigenvalue weighted by atomic mass is 35.5. The molecule has 2 rings (SSSR count). The number of aryl methyl sites for hydroxylation is 1. The summed E-state index contributed by atoms with van der Waals surface area (Å²) >= 11 is 7.55. The molecule has 17 heavy (non-hydrogen) atoms. The van der Waals surface area contributed by atoms with Crippen molar-refractivity contribution in [2.24, 2.45) is 0 Å². The molecule has 2 aromatic heterocycles. The fourth-order valence-electron chi connectivity index (χ4n) is 1.61. The first kappa shape index (κ1) is 12.6. The number of halogens is 1. The Bertz CT molecular complexity index is 496. The standard InChI is InChI=1S/C13H15ClN2S/c1-9-5-6-15-7-11(9)8-16-10(2)12-3-4-13(14)17-12/h3-7,10,16H,8H2,1-2H3. The molecule has 1 N–H and O–H groups in total. The average molecular weight is 267 g/mol. The summed E-state index contributed by atoms with van der Waals surface area (Å²) in [6.45, 7) is 5.08. The van der Waals surface area contributed by atoms with Crippen LogP contribution in [0.1, 0.15) is 29.0 Å². The normalized spacial score (nSPS) is 12.6. The van der Waals surface area contributed by atoms with Gasteiger partial charge in [0.15, 0.2) is 0 Å². The molecular formula is C13H15ClN2S. The van der Waals surface area contributed by atoms with E-state index in [2.05, 4.69) is 30.2 Å². The molecule has 2 nitrogen and oxygen atoms in total. The summed E-state index contributed by atoms with van der Waals surface area (Å²) in [6.07, 6.45) is 3.73. The number of thiophene rings is 1. The van der Waals surface area contributed by atoms with E-state index in [0.717, 1.165) is 10.9 Å². The van der Waals surface area contributed by atoms with Gasteiger partial charge in [0.25, 0.3) is 0 Å². The van der Waals surface area contributed by atoms with Gasteiger partial charge in [-0.2, -0.15) is 0 Å². The minimum absolute atomic E-state index is 0.312. The second kappa shape index (κ2) is 5.63. The van der Waals surface area contributed by atoms with Crippen LogP contribution in [-0.2, 0) is 6.54 Å². The molecule has 0 aliphatic heterocycles. The quantitative estimate of drug-likeness (QED) is 0.906. The van der Waals surface area contributed by atoms with Gasteiger partial charge in [-0.1, -0.05) is 11.6 Å². The van der Waals surface area contributed by atoms with E-state index >= 15 is 0 Å². The maximum absolute atomic E-state index is 5.93. The van der Waals surface area contributed by atoms with Crippen molar-refractivity contribution in [3.63, 3.8) is 0 Å². The summed E-state index contributed by atoms with van der Waals surface area (Å²) in [5.41, 5.74) is 2.51. The molecule has 1 atom stereocenters. The van der Waals surface area contributed by atoms with Crippen LogP contribution in [-0.4, -0.2) is 4.98 Å². The van der Waals surface area contributed by atoms with Crippen LogP contribution in [0.25, 0.3) is 0 Å². The highest BCUT2D eigenvalue weighted by Gasteiger charge is 2.08. The number of hydrogen-bond acceptors (Lipinski definition) is 3. The van der Waals surface area contributed by atoms with Crippen molar-refractivity contribution in [2.45, 2.75) is 26.4 Å². The fourth-order valence-corrected chi connectivity index (χ4v) is 2.69. The van der Waals surface area contributed by atoms with Gasteiger partial charge in [-0.05, 0) is 43.2 Å². The highest BCUT2D eigenvalue weighted by molar-refractivity contribution is 7.16. The monoisotopic (exact) mass is 266 g/mol. The van der Waals surface area contributed by atoms with Crippen LogP contribution in [0.2, 0.25) is 4.34 Å². The lowest BCUT2D eigenvalue weighted by Crippen LogP contribution is -2.17. The molecular weight excluding hydrogens is 252 g/mol. The number of pyridine rings is 1. The van der Waals surface area contributed by atoms with Gasteiger partial charge in [0, 0.05) is 29.9 Å². The molecule has 2 aromatic rings. The summed E-state index contributed by atoms with van der Waals surface area (Å²) in [6, 6.07) is 6.35. The highest BCUT2D eigenvalue weighted by Crippen LogP contribution is 2.26. The Balaban J connectivity index is 1.97. The van der Waals surface area contributed by atoms with E-state index in [1.807, 2.05) is 24.5 Å². The number of hydrogen-bond donors (Lipinski definition) is 1. The van der Waals surface area contributed by atoms with E-state index in [4.69, 9.17) is 11.6 Å². The maximum atomic E-state index is 5.93. The van der Waals surface area contributed by atoms with E-state index in [1.165, 1.54) is 16.0 Å². The second-order valence-corrected chi connectivity index (χ2v) is 5.79. The van der Waals surface area contributed by atoms with Gasteiger partial charge in [0.1, 0.15) is 0 Å². The molecule has 0 aromatic carbocycles. The lowest BCUT2D eigenvalue weighted by Gasteiger charge is -2.13.